The van der Waals surface area contributed by atoms with E-state index >= 15 is 0 Å². The van der Waals surface area contributed by atoms with Crippen molar-refractivity contribution in [1.82, 2.24) is 9.97 Å². The average molecular weight is 322 g/mol. The van der Waals surface area contributed by atoms with Crippen molar-refractivity contribution in [2.75, 3.05) is 10.6 Å². The molecule has 0 saturated heterocycles. The third kappa shape index (κ3) is 3.87. The summed E-state index contributed by atoms with van der Waals surface area (Å²) in [6, 6.07) is 16.1. The second-order valence-electron chi connectivity index (χ2n) is 5.49. The highest BCUT2D eigenvalue weighted by Gasteiger charge is 2.06. The van der Waals surface area contributed by atoms with E-state index in [0.717, 1.165) is 23.5 Å². The molecule has 0 aliphatic heterocycles. The van der Waals surface area contributed by atoms with Gasteiger partial charge in [0.2, 0.25) is 5.95 Å². The number of aryl methyl sites for hydroxylation is 2. The van der Waals surface area contributed by atoms with Crippen LogP contribution in [0.3, 0.4) is 0 Å². The Hall–Kier alpha value is -2.95. The quantitative estimate of drug-likeness (QED) is 0.696. The maximum absolute atomic E-state index is 13.0. The van der Waals surface area contributed by atoms with Gasteiger partial charge < -0.3 is 10.6 Å². The molecule has 0 radical (unpaired) electrons. The lowest BCUT2D eigenvalue weighted by molar-refractivity contribution is 0.628. The van der Waals surface area contributed by atoms with Crippen LogP contribution in [0.5, 0.6) is 0 Å². The van der Waals surface area contributed by atoms with Crippen LogP contribution in [0.2, 0.25) is 0 Å². The first-order valence-corrected chi connectivity index (χ1v) is 7.87. The first kappa shape index (κ1) is 15.9. The zero-order valence-electron chi connectivity index (χ0n) is 13.7. The van der Waals surface area contributed by atoms with E-state index in [4.69, 9.17) is 0 Å². The molecule has 3 aromatic rings. The number of para-hydroxylation sites is 1. The molecule has 0 aliphatic rings. The molecule has 5 heteroatoms. The summed E-state index contributed by atoms with van der Waals surface area (Å²) in [7, 11) is 0. The molecule has 3 rings (SSSR count). The predicted octanol–water partition coefficient (Wildman–Crippen LogP) is 4.97. The highest BCUT2D eigenvalue weighted by atomic mass is 19.1. The maximum Gasteiger partial charge on any atom is 0.229 e. The minimum absolute atomic E-state index is 0.274. The van der Waals surface area contributed by atoms with Crippen molar-refractivity contribution in [2.45, 2.75) is 20.3 Å². The largest absolute Gasteiger partial charge is 0.340 e. The van der Waals surface area contributed by atoms with Crippen LogP contribution in [0.25, 0.3) is 0 Å². The fraction of sp³-hybridized carbons (Fsp3) is 0.158. The van der Waals surface area contributed by atoms with Gasteiger partial charge in [0.25, 0.3) is 0 Å². The maximum atomic E-state index is 13.0. The Morgan fingerprint density at radius 3 is 2.46 bits per heavy atom. The molecule has 0 amide bonds. The topological polar surface area (TPSA) is 49.8 Å². The fourth-order valence-electron chi connectivity index (χ4n) is 2.44. The average Bonchev–Trinajstić information content (AvgIpc) is 2.57. The van der Waals surface area contributed by atoms with Gasteiger partial charge >= 0.3 is 0 Å². The first-order chi connectivity index (χ1) is 11.6. The van der Waals surface area contributed by atoms with Crippen LogP contribution < -0.4 is 10.6 Å². The van der Waals surface area contributed by atoms with E-state index in [-0.39, 0.29) is 5.82 Å². The molecule has 0 fully saturated rings. The highest BCUT2D eigenvalue weighted by Crippen LogP contribution is 2.22. The summed E-state index contributed by atoms with van der Waals surface area (Å²) in [5.74, 6) is 0.912. The van der Waals surface area contributed by atoms with Crippen LogP contribution >= 0.6 is 0 Å². The molecular formula is C19H19FN4. The molecule has 122 valence electrons. The third-order valence-corrected chi connectivity index (χ3v) is 3.62. The number of nitrogens with zero attached hydrogens (tertiary/aromatic N) is 2. The van der Waals surface area contributed by atoms with Gasteiger partial charge in [-0.3, -0.25) is 0 Å². The molecule has 0 aliphatic carbocycles. The highest BCUT2D eigenvalue weighted by molar-refractivity contribution is 5.63. The van der Waals surface area contributed by atoms with E-state index in [2.05, 4.69) is 33.6 Å². The Morgan fingerprint density at radius 1 is 0.958 bits per heavy atom. The summed E-state index contributed by atoms with van der Waals surface area (Å²) in [4.78, 5) is 8.87. The Balaban J connectivity index is 1.84. The summed E-state index contributed by atoms with van der Waals surface area (Å²) in [6.07, 6.45) is 0.938. The van der Waals surface area contributed by atoms with Gasteiger partial charge in [0, 0.05) is 23.1 Å². The van der Waals surface area contributed by atoms with Crippen LogP contribution in [0.1, 0.15) is 18.2 Å². The van der Waals surface area contributed by atoms with Gasteiger partial charge in [-0.15, -0.1) is 0 Å². The molecule has 24 heavy (non-hydrogen) atoms. The number of aromatic nitrogens is 2. The van der Waals surface area contributed by atoms with Crippen LogP contribution in [0.4, 0.5) is 27.5 Å². The van der Waals surface area contributed by atoms with Crippen molar-refractivity contribution in [1.29, 1.82) is 0 Å². The molecule has 2 aromatic carbocycles. The molecule has 0 atom stereocenters. The summed E-state index contributed by atoms with van der Waals surface area (Å²) in [5.41, 5.74) is 3.83. The SMILES string of the molecule is CCc1ccccc1Nc1cc(C)nc(Nc2ccc(F)cc2)n1. The Labute approximate surface area is 140 Å². The lowest BCUT2D eigenvalue weighted by Crippen LogP contribution is -2.03. The van der Waals surface area contributed by atoms with E-state index in [1.807, 2.05) is 31.2 Å². The van der Waals surface area contributed by atoms with Crippen molar-refractivity contribution >= 4 is 23.1 Å². The second-order valence-corrected chi connectivity index (χ2v) is 5.49. The van der Waals surface area contributed by atoms with Crippen molar-refractivity contribution in [3.05, 3.63) is 71.7 Å². The normalized spacial score (nSPS) is 10.5. The lowest BCUT2D eigenvalue weighted by atomic mass is 10.1. The van der Waals surface area contributed by atoms with Crippen LogP contribution in [-0.4, -0.2) is 9.97 Å². The standard InChI is InChI=1S/C19H19FN4/c1-3-14-6-4-5-7-17(14)23-18-12-13(2)21-19(24-18)22-16-10-8-15(20)9-11-16/h4-12H,3H2,1-2H3,(H2,21,22,23,24). The van der Waals surface area contributed by atoms with Crippen LogP contribution in [0, 0.1) is 12.7 Å². The van der Waals surface area contributed by atoms with E-state index in [0.29, 0.717) is 11.8 Å². The minimum atomic E-state index is -0.274. The number of rotatable bonds is 5. The molecule has 1 heterocycles. The van der Waals surface area contributed by atoms with Gasteiger partial charge in [-0.2, -0.15) is 4.98 Å². The molecule has 0 spiro atoms. The molecular weight excluding hydrogens is 303 g/mol. The smallest absolute Gasteiger partial charge is 0.229 e. The van der Waals surface area contributed by atoms with Gasteiger partial charge in [-0.25, -0.2) is 9.37 Å². The molecule has 0 bridgehead atoms. The summed E-state index contributed by atoms with van der Waals surface area (Å²) >= 11 is 0. The second kappa shape index (κ2) is 7.08. The number of halogens is 1. The van der Waals surface area contributed by atoms with Gasteiger partial charge in [0.15, 0.2) is 0 Å². The number of hydrogen-bond donors (Lipinski definition) is 2. The third-order valence-electron chi connectivity index (χ3n) is 3.62. The number of nitrogens with one attached hydrogen (secondary N) is 2. The van der Waals surface area contributed by atoms with Gasteiger partial charge in [0.05, 0.1) is 0 Å². The summed E-state index contributed by atoms with van der Waals surface area (Å²) in [5, 5.41) is 6.45. The van der Waals surface area contributed by atoms with Crippen molar-refractivity contribution in [2.24, 2.45) is 0 Å². The number of anilines is 4. The van der Waals surface area contributed by atoms with Gasteiger partial charge in [-0.1, -0.05) is 25.1 Å². The van der Waals surface area contributed by atoms with E-state index in [1.54, 1.807) is 12.1 Å². The van der Waals surface area contributed by atoms with E-state index < -0.39 is 0 Å². The Bertz CT molecular complexity index is 831. The lowest BCUT2D eigenvalue weighted by Gasteiger charge is -2.12. The van der Waals surface area contributed by atoms with Crippen molar-refractivity contribution in [3.8, 4) is 0 Å². The minimum Gasteiger partial charge on any atom is -0.340 e. The summed E-state index contributed by atoms with van der Waals surface area (Å²) in [6.45, 7) is 4.03. The molecule has 0 unspecified atom stereocenters. The van der Waals surface area contributed by atoms with Gasteiger partial charge in [-0.05, 0) is 49.2 Å². The van der Waals surface area contributed by atoms with Crippen LogP contribution in [0.15, 0.2) is 54.6 Å². The van der Waals surface area contributed by atoms with Crippen molar-refractivity contribution in [3.63, 3.8) is 0 Å². The zero-order valence-corrected chi connectivity index (χ0v) is 13.7. The van der Waals surface area contributed by atoms with E-state index in [1.165, 1.54) is 17.7 Å². The fourth-order valence-corrected chi connectivity index (χ4v) is 2.44. The monoisotopic (exact) mass is 322 g/mol. The zero-order chi connectivity index (χ0) is 16.9. The predicted molar refractivity (Wildman–Crippen MR) is 95.6 cm³/mol. The summed E-state index contributed by atoms with van der Waals surface area (Å²) < 4.78 is 13.0. The van der Waals surface area contributed by atoms with Crippen LogP contribution in [-0.2, 0) is 6.42 Å². The number of benzene rings is 2. The molecule has 4 nitrogen and oxygen atoms in total. The molecule has 0 saturated carbocycles. The number of hydrogen-bond acceptors (Lipinski definition) is 4. The molecule has 2 N–H and O–H groups in total. The van der Waals surface area contributed by atoms with E-state index in [9.17, 15) is 4.39 Å². The van der Waals surface area contributed by atoms with Crippen molar-refractivity contribution < 1.29 is 4.39 Å². The van der Waals surface area contributed by atoms with Gasteiger partial charge in [0.1, 0.15) is 11.6 Å². The molecule has 1 aromatic heterocycles. The first-order valence-electron chi connectivity index (χ1n) is 7.87. The Kier molecular flexibility index (Phi) is 4.70. The Morgan fingerprint density at radius 2 is 1.71 bits per heavy atom.